The van der Waals surface area contributed by atoms with Crippen LogP contribution in [0, 0.1) is 0 Å². The number of carbonyl (C=O) groups excluding carboxylic acids is 2. The van der Waals surface area contributed by atoms with E-state index in [1.54, 1.807) is 30.5 Å². The zero-order valence-electron chi connectivity index (χ0n) is 12.1. The van der Waals surface area contributed by atoms with Crippen molar-refractivity contribution in [2.45, 2.75) is 5.16 Å². The van der Waals surface area contributed by atoms with Crippen LogP contribution in [0.25, 0.3) is 5.52 Å². The second kappa shape index (κ2) is 6.97. The van der Waals surface area contributed by atoms with Crippen molar-refractivity contribution in [1.29, 1.82) is 0 Å². The van der Waals surface area contributed by atoms with Gasteiger partial charge in [0, 0.05) is 11.8 Å². The third kappa shape index (κ3) is 3.70. The fourth-order valence-electron chi connectivity index (χ4n) is 1.98. The number of thioether (sulfide) groups is 1. The highest BCUT2D eigenvalue weighted by molar-refractivity contribution is 7.99. The summed E-state index contributed by atoms with van der Waals surface area (Å²) < 4.78 is 1.90. The lowest BCUT2D eigenvalue weighted by atomic mass is 10.2. The van der Waals surface area contributed by atoms with Crippen molar-refractivity contribution in [3.63, 3.8) is 0 Å². The molecular weight excluding hydrogens is 312 g/mol. The summed E-state index contributed by atoms with van der Waals surface area (Å²) in [4.78, 5) is 27.9. The van der Waals surface area contributed by atoms with Crippen LogP contribution in [0.3, 0.4) is 0 Å². The first kappa shape index (κ1) is 15.1. The average molecular weight is 326 g/mol. The first-order chi connectivity index (χ1) is 11.2. The van der Waals surface area contributed by atoms with E-state index in [2.05, 4.69) is 15.8 Å². The van der Waals surface area contributed by atoms with Crippen LogP contribution in [0.15, 0.2) is 66.1 Å². The molecule has 0 spiro atoms. The zero-order valence-corrected chi connectivity index (χ0v) is 12.9. The maximum atomic E-state index is 11.8. The third-order valence-corrected chi connectivity index (χ3v) is 4.06. The quantitative estimate of drug-likeness (QED) is 0.567. The number of rotatable bonds is 4. The van der Waals surface area contributed by atoms with E-state index >= 15 is 0 Å². The van der Waals surface area contributed by atoms with E-state index in [0.717, 1.165) is 10.7 Å². The monoisotopic (exact) mass is 326 g/mol. The van der Waals surface area contributed by atoms with E-state index in [1.165, 1.54) is 11.8 Å². The van der Waals surface area contributed by atoms with E-state index in [4.69, 9.17) is 0 Å². The molecule has 3 aromatic rings. The number of amides is 2. The van der Waals surface area contributed by atoms with Crippen LogP contribution in [-0.2, 0) is 4.79 Å². The average Bonchev–Trinajstić information content (AvgIpc) is 3.02. The van der Waals surface area contributed by atoms with Gasteiger partial charge in [-0.2, -0.15) is 0 Å². The van der Waals surface area contributed by atoms with E-state index < -0.39 is 0 Å². The fourth-order valence-corrected chi connectivity index (χ4v) is 2.75. The maximum absolute atomic E-state index is 11.8. The second-order valence-electron chi connectivity index (χ2n) is 4.69. The molecule has 23 heavy (non-hydrogen) atoms. The van der Waals surface area contributed by atoms with Crippen molar-refractivity contribution in [3.05, 3.63) is 66.5 Å². The summed E-state index contributed by atoms with van der Waals surface area (Å²) in [5, 5.41) is 0.727. The predicted molar refractivity (Wildman–Crippen MR) is 88.0 cm³/mol. The van der Waals surface area contributed by atoms with Gasteiger partial charge in [0.2, 0.25) is 5.91 Å². The Bertz CT molecular complexity index is 832. The predicted octanol–water partition coefficient (Wildman–Crippen LogP) is 1.89. The molecule has 116 valence electrons. The summed E-state index contributed by atoms with van der Waals surface area (Å²) in [5.41, 5.74) is 6.23. The molecule has 2 N–H and O–H groups in total. The van der Waals surface area contributed by atoms with Crippen LogP contribution >= 0.6 is 11.8 Å². The molecular formula is C16H14N4O2S. The molecule has 0 aliphatic heterocycles. The van der Waals surface area contributed by atoms with Gasteiger partial charge in [-0.05, 0) is 24.3 Å². The fraction of sp³-hybridized carbons (Fsp3) is 0.0625. The van der Waals surface area contributed by atoms with Crippen molar-refractivity contribution in [3.8, 4) is 0 Å². The highest BCUT2D eigenvalue weighted by Crippen LogP contribution is 2.17. The summed E-state index contributed by atoms with van der Waals surface area (Å²) in [6.07, 6.45) is 3.64. The minimum atomic E-state index is -0.352. The molecule has 0 saturated heterocycles. The lowest BCUT2D eigenvalue weighted by Crippen LogP contribution is -2.42. The molecule has 2 aromatic heterocycles. The molecule has 0 fully saturated rings. The zero-order chi connectivity index (χ0) is 16.1. The summed E-state index contributed by atoms with van der Waals surface area (Å²) in [6.45, 7) is 0. The van der Waals surface area contributed by atoms with Gasteiger partial charge in [0.15, 0.2) is 5.16 Å². The molecule has 3 rings (SSSR count). The van der Waals surface area contributed by atoms with E-state index in [-0.39, 0.29) is 17.6 Å². The number of benzene rings is 1. The van der Waals surface area contributed by atoms with Crippen molar-refractivity contribution in [1.82, 2.24) is 20.2 Å². The van der Waals surface area contributed by atoms with Gasteiger partial charge in [-0.25, -0.2) is 4.98 Å². The maximum Gasteiger partial charge on any atom is 0.269 e. The number of carbonyl (C=O) groups is 2. The Hall–Kier alpha value is -2.80. The standard InChI is InChI=1S/C16H14N4O2S/c21-14(18-19-15(22)12-6-2-1-3-7-12)11-23-16-17-10-13-8-4-5-9-20(13)16/h1-10H,11H2,(H,18,21)(H,19,22). The topological polar surface area (TPSA) is 75.5 Å². The smallest absolute Gasteiger partial charge is 0.269 e. The number of imidazole rings is 1. The number of nitrogens with zero attached hydrogens (tertiary/aromatic N) is 2. The van der Waals surface area contributed by atoms with Gasteiger partial charge in [0.1, 0.15) is 0 Å². The van der Waals surface area contributed by atoms with Gasteiger partial charge in [0.05, 0.1) is 17.5 Å². The lowest BCUT2D eigenvalue weighted by molar-refractivity contribution is -0.119. The molecule has 0 bridgehead atoms. The minimum absolute atomic E-state index is 0.156. The number of pyridine rings is 1. The highest BCUT2D eigenvalue weighted by Gasteiger charge is 2.09. The normalized spacial score (nSPS) is 10.4. The first-order valence-electron chi connectivity index (χ1n) is 6.93. The van der Waals surface area contributed by atoms with Crippen molar-refractivity contribution < 1.29 is 9.59 Å². The molecule has 2 amide bonds. The Morgan fingerprint density at radius 1 is 1.04 bits per heavy atom. The number of nitrogens with one attached hydrogen (secondary N) is 2. The van der Waals surface area contributed by atoms with Crippen LogP contribution in [0.4, 0.5) is 0 Å². The van der Waals surface area contributed by atoms with Crippen LogP contribution in [0.2, 0.25) is 0 Å². The van der Waals surface area contributed by atoms with Gasteiger partial charge in [-0.3, -0.25) is 24.8 Å². The number of hydrogen-bond acceptors (Lipinski definition) is 4. The summed E-state index contributed by atoms with van der Waals surface area (Å²) in [6, 6.07) is 14.5. The molecule has 0 radical (unpaired) electrons. The Labute approximate surface area is 136 Å². The number of aromatic nitrogens is 2. The number of fused-ring (bicyclic) bond motifs is 1. The molecule has 0 aliphatic carbocycles. The summed E-state index contributed by atoms with van der Waals surface area (Å²) in [5.74, 6) is -0.495. The largest absolute Gasteiger partial charge is 0.295 e. The van der Waals surface area contributed by atoms with Crippen LogP contribution in [0.5, 0.6) is 0 Å². The number of hydrogen-bond donors (Lipinski definition) is 2. The molecule has 6 nitrogen and oxygen atoms in total. The lowest BCUT2D eigenvalue weighted by Gasteiger charge is -2.07. The molecule has 2 heterocycles. The van der Waals surface area contributed by atoms with Crippen molar-refractivity contribution in [2.75, 3.05) is 5.75 Å². The SMILES string of the molecule is O=C(CSc1ncc2ccccn12)NNC(=O)c1ccccc1. The van der Waals surface area contributed by atoms with E-state index in [0.29, 0.717) is 5.56 Å². The third-order valence-electron chi connectivity index (χ3n) is 3.09. The minimum Gasteiger partial charge on any atom is -0.295 e. The highest BCUT2D eigenvalue weighted by atomic mass is 32.2. The van der Waals surface area contributed by atoms with Gasteiger partial charge in [0.25, 0.3) is 5.91 Å². The molecule has 0 atom stereocenters. The van der Waals surface area contributed by atoms with E-state index in [9.17, 15) is 9.59 Å². The van der Waals surface area contributed by atoms with Crippen molar-refractivity contribution >= 4 is 29.1 Å². The molecule has 0 aliphatic rings. The summed E-state index contributed by atoms with van der Waals surface area (Å²) >= 11 is 1.30. The molecule has 1 aromatic carbocycles. The first-order valence-corrected chi connectivity index (χ1v) is 7.92. The molecule has 0 saturated carbocycles. The van der Waals surface area contributed by atoms with Gasteiger partial charge in [-0.1, -0.05) is 36.0 Å². The van der Waals surface area contributed by atoms with Gasteiger partial charge >= 0.3 is 0 Å². The molecule has 7 heteroatoms. The van der Waals surface area contributed by atoms with E-state index in [1.807, 2.05) is 34.9 Å². The Morgan fingerprint density at radius 3 is 2.65 bits per heavy atom. The van der Waals surface area contributed by atoms with Gasteiger partial charge < -0.3 is 0 Å². The second-order valence-corrected chi connectivity index (χ2v) is 5.64. The Morgan fingerprint density at radius 2 is 1.83 bits per heavy atom. The Kier molecular flexibility index (Phi) is 4.58. The van der Waals surface area contributed by atoms with Crippen LogP contribution in [-0.4, -0.2) is 27.0 Å². The Balaban J connectivity index is 1.51. The molecule has 0 unspecified atom stereocenters. The van der Waals surface area contributed by atoms with Crippen molar-refractivity contribution in [2.24, 2.45) is 0 Å². The van der Waals surface area contributed by atoms with Crippen LogP contribution in [0.1, 0.15) is 10.4 Å². The number of hydrazine groups is 1. The van der Waals surface area contributed by atoms with Gasteiger partial charge in [-0.15, -0.1) is 0 Å². The summed E-state index contributed by atoms with van der Waals surface area (Å²) in [7, 11) is 0. The van der Waals surface area contributed by atoms with Crippen LogP contribution < -0.4 is 10.9 Å².